The van der Waals surface area contributed by atoms with Crippen molar-refractivity contribution in [3.63, 3.8) is 0 Å². The Balaban J connectivity index is 2.41. The molecular weight excluding hydrogens is 232 g/mol. The molecule has 0 spiro atoms. The second kappa shape index (κ2) is 5.94. The van der Waals surface area contributed by atoms with E-state index in [0.717, 1.165) is 11.5 Å². The Bertz CT molecular complexity index is 303. The minimum atomic E-state index is -0.0193. The van der Waals surface area contributed by atoms with Gasteiger partial charge in [0, 0.05) is 5.75 Å². The molecule has 0 unspecified atom stereocenters. The van der Waals surface area contributed by atoms with Crippen molar-refractivity contribution in [2.45, 2.75) is 34.6 Å². The van der Waals surface area contributed by atoms with Gasteiger partial charge in [0.2, 0.25) is 0 Å². The van der Waals surface area contributed by atoms with Gasteiger partial charge in [0.1, 0.15) is 6.61 Å². The van der Waals surface area contributed by atoms with Gasteiger partial charge in [-0.25, -0.2) is 0 Å². The van der Waals surface area contributed by atoms with Gasteiger partial charge < -0.3 is 4.74 Å². The quantitative estimate of drug-likeness (QED) is 0.413. The Morgan fingerprint density at radius 2 is 2.06 bits per heavy atom. The molecule has 0 aliphatic heterocycles. The molecule has 3 heteroatoms. The highest BCUT2D eigenvalue weighted by atomic mass is 32.2. The molecule has 0 aromatic heterocycles. The summed E-state index contributed by atoms with van der Waals surface area (Å²) in [6, 6.07) is 0. The van der Waals surface area contributed by atoms with Crippen LogP contribution >= 0.6 is 11.8 Å². The zero-order valence-electron chi connectivity index (χ0n) is 11.6. The van der Waals surface area contributed by atoms with Gasteiger partial charge >= 0.3 is 5.97 Å². The first-order chi connectivity index (χ1) is 7.91. The summed E-state index contributed by atoms with van der Waals surface area (Å²) in [4.78, 5) is 11.9. The van der Waals surface area contributed by atoms with E-state index in [9.17, 15) is 4.79 Å². The van der Waals surface area contributed by atoms with Crippen molar-refractivity contribution in [1.82, 2.24) is 0 Å². The van der Waals surface area contributed by atoms with Crippen molar-refractivity contribution in [3.05, 3.63) is 11.6 Å². The molecule has 0 N–H and O–H groups in total. The van der Waals surface area contributed by atoms with Crippen molar-refractivity contribution in [1.29, 1.82) is 0 Å². The highest BCUT2D eigenvalue weighted by molar-refractivity contribution is 7.99. The van der Waals surface area contributed by atoms with E-state index in [1.54, 1.807) is 11.8 Å². The number of allylic oxidation sites excluding steroid dienone is 2. The average molecular weight is 256 g/mol. The predicted octanol–water partition coefficient (Wildman–Crippen LogP) is 3.52. The van der Waals surface area contributed by atoms with Crippen molar-refractivity contribution >= 4 is 17.7 Å². The molecule has 17 heavy (non-hydrogen) atoms. The fourth-order valence-electron chi connectivity index (χ4n) is 2.23. The first kappa shape index (κ1) is 14.6. The minimum absolute atomic E-state index is 0.0193. The lowest BCUT2D eigenvalue weighted by Gasteiger charge is -2.04. The summed E-state index contributed by atoms with van der Waals surface area (Å²) < 4.78 is 5.33. The summed E-state index contributed by atoms with van der Waals surface area (Å²) >= 11 is 1.80. The van der Waals surface area contributed by atoms with Gasteiger partial charge in [0.05, 0.1) is 5.92 Å². The standard InChI is InChI=1S/C14H24O2S/c1-6-17-8-7-16-13(15)12-11(9-10(2)3)14(12,4)5/h9,11-12H,6-8H2,1-5H3/t11-,12-/m1/s1. The van der Waals surface area contributed by atoms with Crippen LogP contribution in [0.2, 0.25) is 0 Å². The van der Waals surface area contributed by atoms with Gasteiger partial charge in [-0.05, 0) is 30.9 Å². The van der Waals surface area contributed by atoms with Crippen LogP contribution < -0.4 is 0 Å². The molecule has 2 atom stereocenters. The fraction of sp³-hybridized carbons (Fsp3) is 0.786. The van der Waals surface area contributed by atoms with Crippen LogP contribution in [0.25, 0.3) is 0 Å². The first-order valence-corrected chi connectivity index (χ1v) is 7.46. The summed E-state index contributed by atoms with van der Waals surface area (Å²) in [5.74, 6) is 2.38. The van der Waals surface area contributed by atoms with E-state index in [0.29, 0.717) is 12.5 Å². The number of carbonyl (C=O) groups is 1. The molecule has 0 radical (unpaired) electrons. The second-order valence-electron chi connectivity index (χ2n) is 5.43. The van der Waals surface area contributed by atoms with Crippen molar-refractivity contribution in [3.8, 4) is 0 Å². The normalized spacial score (nSPS) is 25.2. The second-order valence-corrected chi connectivity index (χ2v) is 6.83. The molecule has 0 saturated heterocycles. The molecule has 0 bridgehead atoms. The van der Waals surface area contributed by atoms with Gasteiger partial charge in [-0.1, -0.05) is 32.4 Å². The molecule has 98 valence electrons. The van der Waals surface area contributed by atoms with Crippen LogP contribution in [0.3, 0.4) is 0 Å². The van der Waals surface area contributed by atoms with E-state index in [1.165, 1.54) is 5.57 Å². The SMILES string of the molecule is CCSCCOC(=O)[C@H]1[C@@H](C=C(C)C)C1(C)C. The van der Waals surface area contributed by atoms with Gasteiger partial charge in [-0.2, -0.15) is 11.8 Å². The third kappa shape index (κ3) is 3.77. The molecule has 0 heterocycles. The van der Waals surface area contributed by atoms with E-state index in [1.807, 2.05) is 0 Å². The lowest BCUT2D eigenvalue weighted by Crippen LogP contribution is -2.12. The number of hydrogen-bond acceptors (Lipinski definition) is 3. The zero-order chi connectivity index (χ0) is 13.1. The number of ether oxygens (including phenoxy) is 1. The van der Waals surface area contributed by atoms with Crippen molar-refractivity contribution in [2.24, 2.45) is 17.3 Å². The largest absolute Gasteiger partial charge is 0.465 e. The van der Waals surface area contributed by atoms with Crippen LogP contribution in [0.4, 0.5) is 0 Å². The molecule has 1 rings (SSSR count). The van der Waals surface area contributed by atoms with Crippen molar-refractivity contribution < 1.29 is 9.53 Å². The third-order valence-corrected chi connectivity index (χ3v) is 4.22. The van der Waals surface area contributed by atoms with E-state index in [2.05, 4.69) is 40.7 Å². The van der Waals surface area contributed by atoms with E-state index < -0.39 is 0 Å². The van der Waals surface area contributed by atoms with Gasteiger partial charge in [0.25, 0.3) is 0 Å². The van der Waals surface area contributed by atoms with Gasteiger partial charge in [0.15, 0.2) is 0 Å². The molecule has 1 fully saturated rings. The number of hydrogen-bond donors (Lipinski definition) is 0. The van der Waals surface area contributed by atoms with Crippen LogP contribution in [0, 0.1) is 17.3 Å². The highest BCUT2D eigenvalue weighted by Gasteiger charge is 2.61. The first-order valence-electron chi connectivity index (χ1n) is 6.30. The Morgan fingerprint density at radius 1 is 1.41 bits per heavy atom. The molecule has 1 aliphatic rings. The van der Waals surface area contributed by atoms with Crippen LogP contribution in [0.15, 0.2) is 11.6 Å². The van der Waals surface area contributed by atoms with Crippen LogP contribution in [-0.2, 0) is 9.53 Å². The lowest BCUT2D eigenvalue weighted by atomic mass is 10.1. The van der Waals surface area contributed by atoms with Gasteiger partial charge in [-0.3, -0.25) is 4.79 Å². The molecule has 1 aliphatic carbocycles. The van der Waals surface area contributed by atoms with Gasteiger partial charge in [-0.15, -0.1) is 0 Å². The number of rotatable bonds is 6. The third-order valence-electron chi connectivity index (χ3n) is 3.35. The maximum Gasteiger partial charge on any atom is 0.310 e. The molecule has 0 amide bonds. The molecule has 0 aromatic rings. The average Bonchev–Trinajstić information content (AvgIpc) is 2.74. The minimum Gasteiger partial charge on any atom is -0.465 e. The van der Waals surface area contributed by atoms with E-state index in [-0.39, 0.29) is 17.3 Å². The Morgan fingerprint density at radius 3 is 2.59 bits per heavy atom. The van der Waals surface area contributed by atoms with E-state index >= 15 is 0 Å². The van der Waals surface area contributed by atoms with Crippen LogP contribution in [-0.4, -0.2) is 24.1 Å². The van der Waals surface area contributed by atoms with Crippen molar-refractivity contribution in [2.75, 3.05) is 18.1 Å². The fourth-order valence-corrected chi connectivity index (χ4v) is 2.72. The highest BCUT2D eigenvalue weighted by Crippen LogP contribution is 2.59. The Labute approximate surface area is 109 Å². The predicted molar refractivity (Wildman–Crippen MR) is 74.2 cm³/mol. The Hall–Kier alpha value is -0.440. The Kier molecular flexibility index (Phi) is 5.11. The van der Waals surface area contributed by atoms with Crippen LogP contribution in [0.1, 0.15) is 34.6 Å². The maximum absolute atomic E-state index is 11.9. The number of esters is 1. The maximum atomic E-state index is 11.9. The van der Waals surface area contributed by atoms with E-state index in [4.69, 9.17) is 4.74 Å². The molecule has 2 nitrogen and oxygen atoms in total. The lowest BCUT2D eigenvalue weighted by molar-refractivity contribution is -0.145. The number of carbonyl (C=O) groups excluding carboxylic acids is 1. The summed E-state index contributed by atoms with van der Waals surface area (Å²) in [6.45, 7) is 11.1. The summed E-state index contributed by atoms with van der Waals surface area (Å²) in [7, 11) is 0. The topological polar surface area (TPSA) is 26.3 Å². The number of thioether (sulfide) groups is 1. The zero-order valence-corrected chi connectivity index (χ0v) is 12.4. The molecule has 1 saturated carbocycles. The van der Waals surface area contributed by atoms with Crippen LogP contribution in [0.5, 0.6) is 0 Å². The molecule has 0 aromatic carbocycles. The summed E-state index contributed by atoms with van der Waals surface area (Å²) in [6.07, 6.45) is 2.20. The summed E-state index contributed by atoms with van der Waals surface area (Å²) in [5.41, 5.74) is 1.35. The monoisotopic (exact) mass is 256 g/mol. The smallest absolute Gasteiger partial charge is 0.310 e. The summed E-state index contributed by atoms with van der Waals surface area (Å²) in [5, 5.41) is 0. The molecular formula is C14H24O2S.